The van der Waals surface area contributed by atoms with E-state index in [9.17, 15) is 4.79 Å². The van der Waals surface area contributed by atoms with Gasteiger partial charge in [0.25, 0.3) is 5.91 Å². The number of anilines is 1. The predicted molar refractivity (Wildman–Crippen MR) is 99.3 cm³/mol. The van der Waals surface area contributed by atoms with Crippen LogP contribution in [0.4, 0.5) is 5.13 Å². The van der Waals surface area contributed by atoms with Gasteiger partial charge < -0.3 is 4.74 Å². The first-order valence-electron chi connectivity index (χ1n) is 7.60. The molecule has 0 saturated carbocycles. The summed E-state index contributed by atoms with van der Waals surface area (Å²) < 4.78 is 6.50. The second kappa shape index (κ2) is 7.20. The highest BCUT2D eigenvalue weighted by molar-refractivity contribution is 7.22. The zero-order chi connectivity index (χ0) is 17.1. The number of hydrogen-bond donors (Lipinski definition) is 1. The molecule has 4 nitrogen and oxygen atoms in total. The minimum Gasteiger partial charge on any atom is -0.484 e. The molecule has 0 unspecified atom stereocenters. The van der Waals surface area contributed by atoms with E-state index in [2.05, 4.69) is 30.2 Å². The molecule has 0 aliphatic heterocycles. The lowest BCUT2D eigenvalue weighted by atomic mass is 10.0. The highest BCUT2D eigenvalue weighted by Gasteiger charge is 2.12. The summed E-state index contributed by atoms with van der Waals surface area (Å²) in [6.07, 6.45) is 0. The molecule has 0 radical (unpaired) electrons. The van der Waals surface area contributed by atoms with Crippen LogP contribution in [0, 0.1) is 0 Å². The minimum atomic E-state index is -0.241. The molecule has 6 heteroatoms. The summed E-state index contributed by atoms with van der Waals surface area (Å²) >= 11 is 7.28. The zero-order valence-electron chi connectivity index (χ0n) is 13.4. The molecule has 0 bridgehead atoms. The van der Waals surface area contributed by atoms with E-state index in [-0.39, 0.29) is 12.5 Å². The first-order chi connectivity index (χ1) is 11.5. The first kappa shape index (κ1) is 16.7. The fourth-order valence-electron chi connectivity index (χ4n) is 2.32. The lowest BCUT2D eigenvalue weighted by molar-refractivity contribution is -0.118. The van der Waals surface area contributed by atoms with Crippen LogP contribution in [-0.4, -0.2) is 17.5 Å². The molecule has 1 aromatic heterocycles. The topological polar surface area (TPSA) is 51.2 Å². The molecule has 1 amide bonds. The summed E-state index contributed by atoms with van der Waals surface area (Å²) in [4.78, 5) is 16.6. The Balaban J connectivity index is 1.67. The normalized spacial score (nSPS) is 11.0. The molecule has 124 valence electrons. The molecule has 1 N–H and O–H groups in total. The van der Waals surface area contributed by atoms with Crippen molar-refractivity contribution in [3.63, 3.8) is 0 Å². The van der Waals surface area contributed by atoms with Crippen molar-refractivity contribution in [2.24, 2.45) is 0 Å². The van der Waals surface area contributed by atoms with Crippen molar-refractivity contribution >= 4 is 44.2 Å². The number of fused-ring (bicyclic) bond motifs is 1. The van der Waals surface area contributed by atoms with Crippen molar-refractivity contribution in [2.75, 3.05) is 11.9 Å². The predicted octanol–water partition coefficient (Wildman–Crippen LogP) is 5.09. The van der Waals surface area contributed by atoms with Gasteiger partial charge in [-0.1, -0.05) is 48.9 Å². The summed E-state index contributed by atoms with van der Waals surface area (Å²) in [6, 6.07) is 13.0. The van der Waals surface area contributed by atoms with Crippen LogP contribution in [0.2, 0.25) is 5.02 Å². The molecule has 24 heavy (non-hydrogen) atoms. The largest absolute Gasteiger partial charge is 0.484 e. The third-order valence-corrected chi connectivity index (χ3v) is 4.69. The van der Waals surface area contributed by atoms with Gasteiger partial charge in [-0.15, -0.1) is 0 Å². The number of amides is 1. The number of rotatable bonds is 5. The zero-order valence-corrected chi connectivity index (χ0v) is 14.9. The average Bonchev–Trinajstić information content (AvgIpc) is 2.96. The molecule has 0 aliphatic carbocycles. The Morgan fingerprint density at radius 2 is 2.00 bits per heavy atom. The van der Waals surface area contributed by atoms with Crippen molar-refractivity contribution in [1.29, 1.82) is 0 Å². The fourth-order valence-corrected chi connectivity index (χ4v) is 3.37. The Hall–Kier alpha value is -2.11. The third kappa shape index (κ3) is 3.86. The fraction of sp³-hybridized carbons (Fsp3) is 0.222. The molecule has 0 spiro atoms. The van der Waals surface area contributed by atoms with E-state index in [1.165, 1.54) is 16.9 Å². The van der Waals surface area contributed by atoms with Gasteiger partial charge in [0.15, 0.2) is 11.7 Å². The van der Waals surface area contributed by atoms with Crippen molar-refractivity contribution in [1.82, 2.24) is 4.98 Å². The van der Waals surface area contributed by atoms with Crippen LogP contribution in [0.1, 0.15) is 25.3 Å². The van der Waals surface area contributed by atoms with E-state index in [0.717, 1.165) is 10.2 Å². The van der Waals surface area contributed by atoms with E-state index >= 15 is 0 Å². The van der Waals surface area contributed by atoms with Crippen molar-refractivity contribution in [2.45, 2.75) is 19.8 Å². The van der Waals surface area contributed by atoms with Gasteiger partial charge in [-0.2, -0.15) is 0 Å². The minimum absolute atomic E-state index is 0.0748. The maximum Gasteiger partial charge on any atom is 0.264 e. The number of nitrogens with zero attached hydrogens (tertiary/aromatic N) is 1. The van der Waals surface area contributed by atoms with Gasteiger partial charge >= 0.3 is 0 Å². The Labute approximate surface area is 149 Å². The van der Waals surface area contributed by atoms with E-state index in [0.29, 0.717) is 21.8 Å². The second-order valence-electron chi connectivity index (χ2n) is 5.66. The Morgan fingerprint density at radius 3 is 2.71 bits per heavy atom. The van der Waals surface area contributed by atoms with Gasteiger partial charge in [0, 0.05) is 5.02 Å². The van der Waals surface area contributed by atoms with Crippen LogP contribution in [-0.2, 0) is 4.79 Å². The molecule has 3 aromatic rings. The molecule has 0 atom stereocenters. The molecule has 0 aliphatic rings. The number of hydrogen-bond acceptors (Lipinski definition) is 4. The standard InChI is InChI=1S/C18H17ClN2O2S/c1-11(2)14-4-3-5-15-17(14)21-18(24-15)20-16(22)10-23-13-8-6-12(19)7-9-13/h3-9,11H,10H2,1-2H3,(H,20,21,22). The highest BCUT2D eigenvalue weighted by atomic mass is 35.5. The van der Waals surface area contributed by atoms with Gasteiger partial charge in [-0.05, 0) is 41.8 Å². The van der Waals surface area contributed by atoms with Gasteiger partial charge in [-0.25, -0.2) is 4.98 Å². The number of nitrogens with one attached hydrogen (secondary N) is 1. The molecule has 0 saturated heterocycles. The van der Waals surface area contributed by atoms with Crippen LogP contribution in [0.3, 0.4) is 0 Å². The maximum absolute atomic E-state index is 12.1. The van der Waals surface area contributed by atoms with Crippen LogP contribution < -0.4 is 10.1 Å². The van der Waals surface area contributed by atoms with Crippen LogP contribution >= 0.6 is 22.9 Å². The molecular formula is C18H17ClN2O2S. The molecule has 1 heterocycles. The Kier molecular flexibility index (Phi) is 5.02. The van der Waals surface area contributed by atoms with Crippen molar-refractivity contribution < 1.29 is 9.53 Å². The van der Waals surface area contributed by atoms with E-state index in [1.54, 1.807) is 24.3 Å². The number of carbonyl (C=O) groups is 1. The smallest absolute Gasteiger partial charge is 0.264 e. The first-order valence-corrected chi connectivity index (χ1v) is 8.80. The summed E-state index contributed by atoms with van der Waals surface area (Å²) in [6.45, 7) is 4.19. The summed E-state index contributed by atoms with van der Waals surface area (Å²) in [5.74, 6) is 0.739. The summed E-state index contributed by atoms with van der Waals surface area (Å²) in [7, 11) is 0. The van der Waals surface area contributed by atoms with Crippen LogP contribution in [0.5, 0.6) is 5.75 Å². The van der Waals surface area contributed by atoms with Crippen molar-refractivity contribution in [3.05, 3.63) is 53.1 Å². The van der Waals surface area contributed by atoms with Crippen molar-refractivity contribution in [3.8, 4) is 5.75 Å². The molecule has 3 rings (SSSR count). The van der Waals surface area contributed by atoms with Gasteiger partial charge in [0.05, 0.1) is 10.2 Å². The monoisotopic (exact) mass is 360 g/mol. The summed E-state index contributed by atoms with van der Waals surface area (Å²) in [5, 5.41) is 4.01. The lowest BCUT2D eigenvalue weighted by Gasteiger charge is -2.06. The molecule has 0 fully saturated rings. The number of carbonyl (C=O) groups excluding carboxylic acids is 1. The number of ether oxygens (including phenoxy) is 1. The number of para-hydroxylation sites is 1. The van der Waals surface area contributed by atoms with Crippen LogP contribution in [0.25, 0.3) is 10.2 Å². The Morgan fingerprint density at radius 1 is 1.25 bits per heavy atom. The van der Waals surface area contributed by atoms with Gasteiger partial charge in [0.1, 0.15) is 5.75 Å². The average molecular weight is 361 g/mol. The van der Waals surface area contributed by atoms with Crippen LogP contribution in [0.15, 0.2) is 42.5 Å². The molecular weight excluding hydrogens is 344 g/mol. The van der Waals surface area contributed by atoms with E-state index in [4.69, 9.17) is 16.3 Å². The number of halogens is 1. The Bertz CT molecular complexity index is 859. The number of benzene rings is 2. The third-order valence-electron chi connectivity index (χ3n) is 3.50. The lowest BCUT2D eigenvalue weighted by Crippen LogP contribution is -2.19. The summed E-state index contributed by atoms with van der Waals surface area (Å²) in [5.41, 5.74) is 2.13. The second-order valence-corrected chi connectivity index (χ2v) is 7.13. The molecule has 2 aromatic carbocycles. The highest BCUT2D eigenvalue weighted by Crippen LogP contribution is 2.31. The SMILES string of the molecule is CC(C)c1cccc2sc(NC(=O)COc3ccc(Cl)cc3)nc12. The number of aromatic nitrogens is 1. The van der Waals surface area contributed by atoms with Gasteiger partial charge in [-0.3, -0.25) is 10.1 Å². The number of thiazole rings is 1. The quantitative estimate of drug-likeness (QED) is 0.689. The van der Waals surface area contributed by atoms with Gasteiger partial charge in [0.2, 0.25) is 0 Å². The maximum atomic E-state index is 12.1. The van der Waals surface area contributed by atoms with E-state index < -0.39 is 0 Å². The van der Waals surface area contributed by atoms with E-state index in [1.807, 2.05) is 12.1 Å².